The topological polar surface area (TPSA) is 30.0 Å². The Morgan fingerprint density at radius 2 is 2.11 bits per heavy atom. The fraction of sp³-hybridized carbons (Fsp3) is 0.231. The van der Waals surface area contributed by atoms with Crippen molar-refractivity contribution in [3.63, 3.8) is 0 Å². The van der Waals surface area contributed by atoms with Gasteiger partial charge in [-0.2, -0.15) is 0 Å². The lowest BCUT2D eigenvalue weighted by atomic mass is 10.2. The van der Waals surface area contributed by atoms with Crippen LogP contribution in [-0.4, -0.2) is 16.5 Å². The Kier molecular flexibility index (Phi) is 4.49. The number of halogens is 1. The highest BCUT2D eigenvalue weighted by Crippen LogP contribution is 2.19. The zero-order valence-electron chi connectivity index (χ0n) is 9.85. The van der Waals surface area contributed by atoms with Crippen LogP contribution in [0.5, 0.6) is 0 Å². The van der Waals surface area contributed by atoms with Gasteiger partial charge in [-0.1, -0.05) is 0 Å². The van der Waals surface area contributed by atoms with E-state index in [2.05, 4.69) is 4.98 Å². The van der Waals surface area contributed by atoms with Gasteiger partial charge >= 0.3 is 0 Å². The average Bonchev–Trinajstić information content (AvgIpc) is 2.74. The number of hydrogen-bond acceptors (Lipinski definition) is 4. The monoisotopic (exact) mass is 281 g/mol. The first-order chi connectivity index (χ1) is 8.63. The molecule has 0 saturated heterocycles. The maximum atomic E-state index is 12.7. The molecule has 0 bridgehead atoms. The predicted molar refractivity (Wildman–Crippen MR) is 72.7 cm³/mol. The molecule has 1 aromatic heterocycles. The standard InChI is InChI=1S/C13H12FNOS2/c1-9-15-11(7-17-9)6-12(16)8-18-13-4-2-10(14)3-5-13/h2-5,7H,6,8H2,1H3. The van der Waals surface area contributed by atoms with E-state index in [1.807, 2.05) is 12.3 Å². The number of nitrogens with zero attached hydrogens (tertiary/aromatic N) is 1. The first-order valence-electron chi connectivity index (χ1n) is 5.44. The molecule has 0 aliphatic rings. The molecule has 2 aromatic rings. The van der Waals surface area contributed by atoms with Crippen molar-refractivity contribution in [1.82, 2.24) is 4.98 Å². The van der Waals surface area contributed by atoms with E-state index in [1.165, 1.54) is 23.9 Å². The third-order valence-electron chi connectivity index (χ3n) is 2.26. The Labute approximate surface area is 113 Å². The third kappa shape index (κ3) is 3.92. The zero-order chi connectivity index (χ0) is 13.0. The van der Waals surface area contributed by atoms with Crippen LogP contribution in [0, 0.1) is 12.7 Å². The molecule has 5 heteroatoms. The quantitative estimate of drug-likeness (QED) is 0.786. The van der Waals surface area contributed by atoms with Gasteiger partial charge in [-0.3, -0.25) is 4.79 Å². The first kappa shape index (κ1) is 13.2. The molecule has 18 heavy (non-hydrogen) atoms. The van der Waals surface area contributed by atoms with Gasteiger partial charge in [-0.15, -0.1) is 23.1 Å². The van der Waals surface area contributed by atoms with Crippen LogP contribution < -0.4 is 0 Å². The summed E-state index contributed by atoms with van der Waals surface area (Å²) in [5.41, 5.74) is 0.835. The second-order valence-electron chi connectivity index (χ2n) is 3.82. The average molecular weight is 281 g/mol. The van der Waals surface area contributed by atoms with Crippen LogP contribution in [0.25, 0.3) is 0 Å². The number of carbonyl (C=O) groups excluding carboxylic acids is 1. The summed E-state index contributed by atoms with van der Waals surface area (Å²) in [5, 5.41) is 2.89. The van der Waals surface area contributed by atoms with Gasteiger partial charge in [0.15, 0.2) is 0 Å². The molecular weight excluding hydrogens is 269 g/mol. The number of carbonyl (C=O) groups is 1. The van der Waals surface area contributed by atoms with Gasteiger partial charge in [-0.05, 0) is 31.2 Å². The van der Waals surface area contributed by atoms with E-state index < -0.39 is 0 Å². The summed E-state index contributed by atoms with van der Waals surface area (Å²) < 4.78 is 12.7. The van der Waals surface area contributed by atoms with Crippen LogP contribution in [0.15, 0.2) is 34.5 Å². The molecule has 2 rings (SSSR count). The summed E-state index contributed by atoms with van der Waals surface area (Å²) in [6.45, 7) is 1.92. The fourth-order valence-electron chi connectivity index (χ4n) is 1.44. The predicted octanol–water partition coefficient (Wildman–Crippen LogP) is 3.49. The van der Waals surface area contributed by atoms with Crippen molar-refractivity contribution >= 4 is 28.9 Å². The van der Waals surface area contributed by atoms with Crippen LogP contribution in [0.3, 0.4) is 0 Å². The smallest absolute Gasteiger partial charge is 0.149 e. The van der Waals surface area contributed by atoms with Gasteiger partial charge in [0, 0.05) is 10.3 Å². The number of ketones is 1. The number of thiazole rings is 1. The van der Waals surface area contributed by atoms with E-state index in [4.69, 9.17) is 0 Å². The van der Waals surface area contributed by atoms with E-state index in [-0.39, 0.29) is 11.6 Å². The second-order valence-corrected chi connectivity index (χ2v) is 5.93. The summed E-state index contributed by atoms with van der Waals surface area (Å²) in [6, 6.07) is 6.16. The van der Waals surface area contributed by atoms with Crippen LogP contribution in [0.4, 0.5) is 4.39 Å². The van der Waals surface area contributed by atoms with Gasteiger partial charge in [0.2, 0.25) is 0 Å². The lowest BCUT2D eigenvalue weighted by Crippen LogP contribution is -2.05. The Balaban J connectivity index is 1.83. The molecule has 0 unspecified atom stereocenters. The molecule has 0 aliphatic carbocycles. The third-order valence-corrected chi connectivity index (χ3v) is 4.15. The molecule has 0 N–H and O–H groups in total. The Hall–Kier alpha value is -1.20. The number of rotatable bonds is 5. The van der Waals surface area contributed by atoms with E-state index >= 15 is 0 Å². The van der Waals surface area contributed by atoms with Crippen molar-refractivity contribution in [2.24, 2.45) is 0 Å². The minimum absolute atomic E-state index is 0.134. The molecule has 0 radical (unpaired) electrons. The molecule has 0 atom stereocenters. The summed E-state index contributed by atoms with van der Waals surface area (Å²) >= 11 is 2.97. The zero-order valence-corrected chi connectivity index (χ0v) is 11.5. The second kappa shape index (κ2) is 6.11. The maximum Gasteiger partial charge on any atom is 0.149 e. The van der Waals surface area contributed by atoms with E-state index in [0.717, 1.165) is 15.6 Å². The first-order valence-corrected chi connectivity index (χ1v) is 7.31. The fourth-order valence-corrected chi connectivity index (χ4v) is 2.81. The summed E-state index contributed by atoms with van der Waals surface area (Å²) in [5.74, 6) is 0.264. The molecule has 0 spiro atoms. The highest BCUT2D eigenvalue weighted by Gasteiger charge is 2.07. The largest absolute Gasteiger partial charge is 0.298 e. The number of benzene rings is 1. The van der Waals surface area contributed by atoms with Crippen molar-refractivity contribution in [3.8, 4) is 0 Å². The molecule has 0 amide bonds. The highest BCUT2D eigenvalue weighted by atomic mass is 32.2. The van der Waals surface area contributed by atoms with Crippen molar-refractivity contribution < 1.29 is 9.18 Å². The summed E-state index contributed by atoms with van der Waals surface area (Å²) in [4.78, 5) is 16.9. The van der Waals surface area contributed by atoms with Gasteiger partial charge in [0.1, 0.15) is 11.6 Å². The molecule has 0 saturated carbocycles. The highest BCUT2D eigenvalue weighted by molar-refractivity contribution is 8.00. The van der Waals surface area contributed by atoms with Crippen LogP contribution in [0.1, 0.15) is 10.7 Å². The Morgan fingerprint density at radius 3 is 2.72 bits per heavy atom. The Morgan fingerprint density at radius 1 is 1.39 bits per heavy atom. The van der Waals surface area contributed by atoms with Gasteiger partial charge < -0.3 is 0 Å². The maximum absolute atomic E-state index is 12.7. The van der Waals surface area contributed by atoms with Crippen molar-refractivity contribution in [2.75, 3.05) is 5.75 Å². The number of aryl methyl sites for hydroxylation is 1. The van der Waals surface area contributed by atoms with Crippen molar-refractivity contribution in [3.05, 3.63) is 46.2 Å². The molecule has 0 aliphatic heterocycles. The van der Waals surface area contributed by atoms with Gasteiger partial charge in [-0.25, -0.2) is 9.37 Å². The SMILES string of the molecule is Cc1nc(CC(=O)CSc2ccc(F)cc2)cs1. The van der Waals surface area contributed by atoms with Crippen molar-refractivity contribution in [1.29, 1.82) is 0 Å². The number of thioether (sulfide) groups is 1. The van der Waals surface area contributed by atoms with E-state index in [1.54, 1.807) is 23.5 Å². The molecule has 1 heterocycles. The van der Waals surface area contributed by atoms with Crippen LogP contribution in [-0.2, 0) is 11.2 Å². The summed E-state index contributed by atoms with van der Waals surface area (Å²) in [6.07, 6.45) is 0.374. The molecular formula is C13H12FNOS2. The van der Waals surface area contributed by atoms with E-state index in [9.17, 15) is 9.18 Å². The molecule has 0 fully saturated rings. The minimum atomic E-state index is -0.261. The normalized spacial score (nSPS) is 10.6. The Bertz CT molecular complexity index is 536. The minimum Gasteiger partial charge on any atom is -0.298 e. The van der Waals surface area contributed by atoms with Crippen LogP contribution >= 0.6 is 23.1 Å². The number of Topliss-reactive ketones (excluding diaryl/α,β-unsaturated/α-hetero) is 1. The molecule has 94 valence electrons. The lowest BCUT2D eigenvalue weighted by molar-refractivity contribution is -0.116. The van der Waals surface area contributed by atoms with Gasteiger partial charge in [0.25, 0.3) is 0 Å². The lowest BCUT2D eigenvalue weighted by Gasteiger charge is -2.00. The van der Waals surface area contributed by atoms with Crippen LogP contribution in [0.2, 0.25) is 0 Å². The summed E-state index contributed by atoms with van der Waals surface area (Å²) in [7, 11) is 0. The number of aromatic nitrogens is 1. The van der Waals surface area contributed by atoms with E-state index in [0.29, 0.717) is 12.2 Å². The molecule has 1 aromatic carbocycles. The molecule has 2 nitrogen and oxygen atoms in total. The van der Waals surface area contributed by atoms with Gasteiger partial charge in [0.05, 0.1) is 22.9 Å². The number of hydrogen-bond donors (Lipinski definition) is 0. The van der Waals surface area contributed by atoms with Crippen molar-refractivity contribution in [2.45, 2.75) is 18.2 Å².